The van der Waals surface area contributed by atoms with E-state index in [-0.39, 0.29) is 23.3 Å². The number of fused-ring (bicyclic) bond motifs is 1. The number of hydrogen-bond donors (Lipinski definition) is 1. The molecule has 0 fully saturated rings. The lowest BCUT2D eigenvalue weighted by molar-refractivity contribution is -0.121. The van der Waals surface area contributed by atoms with E-state index in [1.165, 1.54) is 28.6 Å². The quantitative estimate of drug-likeness (QED) is 0.473. The molecule has 1 aliphatic heterocycles. The highest BCUT2D eigenvalue weighted by molar-refractivity contribution is 7.89. The van der Waals surface area contributed by atoms with E-state index in [0.29, 0.717) is 48.7 Å². The Hall–Kier alpha value is -3.69. The number of carbonyl (C=O) groups excluding carboxylic acids is 2. The molecule has 0 saturated heterocycles. The summed E-state index contributed by atoms with van der Waals surface area (Å²) in [6, 6.07) is 20.9. The lowest BCUT2D eigenvalue weighted by Crippen LogP contribution is -2.40. The molecule has 188 valence electrons. The fourth-order valence-electron chi connectivity index (χ4n) is 4.10. The van der Waals surface area contributed by atoms with Gasteiger partial charge in [-0.3, -0.25) is 9.59 Å². The summed E-state index contributed by atoms with van der Waals surface area (Å²) < 4.78 is 32.3. The summed E-state index contributed by atoms with van der Waals surface area (Å²) in [5.74, 6) is 0.0409. The molecule has 2 amide bonds. The topological polar surface area (TPSA) is 96.0 Å². The molecule has 0 aromatic heterocycles. The Labute approximate surface area is 211 Å². The Balaban J connectivity index is 1.50. The first-order valence-corrected chi connectivity index (χ1v) is 13.3. The second-order valence-electron chi connectivity index (χ2n) is 8.32. The van der Waals surface area contributed by atoms with Crippen LogP contribution in [0, 0.1) is 0 Å². The van der Waals surface area contributed by atoms with Crippen molar-refractivity contribution in [2.75, 3.05) is 36.5 Å². The Morgan fingerprint density at radius 3 is 2.36 bits per heavy atom. The number of ether oxygens (including phenoxy) is 1. The molecule has 0 aliphatic carbocycles. The molecule has 0 bridgehead atoms. The van der Waals surface area contributed by atoms with Crippen LogP contribution in [0.1, 0.15) is 29.8 Å². The van der Waals surface area contributed by atoms with Gasteiger partial charge in [-0.25, -0.2) is 8.42 Å². The van der Waals surface area contributed by atoms with Crippen molar-refractivity contribution >= 4 is 33.2 Å². The average Bonchev–Trinajstić information content (AvgIpc) is 2.89. The number of rotatable bonds is 9. The fraction of sp³-hybridized carbons (Fsp3) is 0.259. The summed E-state index contributed by atoms with van der Waals surface area (Å²) in [6.45, 7) is 4.75. The third kappa shape index (κ3) is 5.42. The van der Waals surface area contributed by atoms with Crippen LogP contribution in [-0.2, 0) is 21.2 Å². The molecule has 1 N–H and O–H groups in total. The zero-order valence-electron chi connectivity index (χ0n) is 20.3. The summed E-state index contributed by atoms with van der Waals surface area (Å²) in [5, 5.41) is 2.83. The highest BCUT2D eigenvalue weighted by Gasteiger charge is 2.26. The Bertz CT molecular complexity index is 1340. The fourth-order valence-corrected chi connectivity index (χ4v) is 5.56. The van der Waals surface area contributed by atoms with Crippen molar-refractivity contribution in [3.63, 3.8) is 0 Å². The smallest absolute Gasteiger partial charge is 0.265 e. The molecular formula is C27H29N3O5S. The predicted molar refractivity (Wildman–Crippen MR) is 139 cm³/mol. The van der Waals surface area contributed by atoms with Gasteiger partial charge in [-0.05, 0) is 54.4 Å². The van der Waals surface area contributed by atoms with Gasteiger partial charge in [0, 0.05) is 30.9 Å². The van der Waals surface area contributed by atoms with Crippen LogP contribution in [0.4, 0.5) is 11.4 Å². The van der Waals surface area contributed by atoms with Crippen molar-refractivity contribution in [3.8, 4) is 5.75 Å². The maximum Gasteiger partial charge on any atom is 0.265 e. The molecular weight excluding hydrogens is 478 g/mol. The first-order chi connectivity index (χ1) is 17.3. The Morgan fingerprint density at radius 1 is 1.00 bits per heavy atom. The predicted octanol–water partition coefficient (Wildman–Crippen LogP) is 3.94. The molecule has 0 atom stereocenters. The minimum Gasteiger partial charge on any atom is -0.482 e. The minimum atomic E-state index is -3.60. The number of nitrogens with zero attached hydrogens (tertiary/aromatic N) is 2. The van der Waals surface area contributed by atoms with Gasteiger partial charge in [-0.2, -0.15) is 4.31 Å². The van der Waals surface area contributed by atoms with Crippen LogP contribution in [0.25, 0.3) is 0 Å². The van der Waals surface area contributed by atoms with Gasteiger partial charge < -0.3 is 15.0 Å². The molecule has 36 heavy (non-hydrogen) atoms. The molecule has 9 heteroatoms. The van der Waals surface area contributed by atoms with Crippen molar-refractivity contribution in [2.24, 2.45) is 0 Å². The van der Waals surface area contributed by atoms with Crippen molar-refractivity contribution < 1.29 is 22.7 Å². The molecule has 1 heterocycles. The van der Waals surface area contributed by atoms with E-state index < -0.39 is 10.0 Å². The van der Waals surface area contributed by atoms with Crippen molar-refractivity contribution in [3.05, 3.63) is 83.9 Å². The molecule has 0 unspecified atom stereocenters. The monoisotopic (exact) mass is 507 g/mol. The number of sulfonamides is 1. The van der Waals surface area contributed by atoms with Crippen molar-refractivity contribution in [1.29, 1.82) is 0 Å². The number of nitrogens with one attached hydrogen (secondary N) is 1. The minimum absolute atomic E-state index is 0.0315. The summed E-state index contributed by atoms with van der Waals surface area (Å²) >= 11 is 0. The van der Waals surface area contributed by atoms with E-state index in [2.05, 4.69) is 5.32 Å². The van der Waals surface area contributed by atoms with Crippen molar-refractivity contribution in [1.82, 2.24) is 4.31 Å². The second-order valence-corrected chi connectivity index (χ2v) is 10.3. The van der Waals surface area contributed by atoms with Gasteiger partial charge >= 0.3 is 0 Å². The maximum absolute atomic E-state index is 12.9. The first kappa shape index (κ1) is 25.4. The van der Waals surface area contributed by atoms with E-state index in [1.54, 1.807) is 36.9 Å². The van der Waals surface area contributed by atoms with Crippen LogP contribution in [0.5, 0.6) is 5.75 Å². The summed E-state index contributed by atoms with van der Waals surface area (Å²) in [6.07, 6.45) is 0.686. The molecule has 1 aliphatic rings. The summed E-state index contributed by atoms with van der Waals surface area (Å²) in [4.78, 5) is 27.3. The maximum atomic E-state index is 12.9. The normalized spacial score (nSPS) is 13.3. The van der Waals surface area contributed by atoms with Gasteiger partial charge in [0.1, 0.15) is 5.75 Å². The van der Waals surface area contributed by atoms with Crippen LogP contribution in [0.15, 0.2) is 77.7 Å². The van der Waals surface area contributed by atoms with E-state index in [0.717, 1.165) is 5.56 Å². The Kier molecular flexibility index (Phi) is 7.71. The standard InChI is InChI=1S/C27H29N3O5S/c1-3-29(4-2)36(33,34)23-13-10-21(11-14-23)27(32)28-22-12-15-25-24(18-22)30(26(31)19-35-25)17-16-20-8-6-5-7-9-20/h5-15,18H,3-4,16-17,19H2,1-2H3,(H,28,32). The molecule has 3 aromatic carbocycles. The van der Waals surface area contributed by atoms with Crippen LogP contribution in [-0.4, -0.2) is 50.8 Å². The molecule has 3 aromatic rings. The molecule has 4 rings (SSSR count). The van der Waals surface area contributed by atoms with Gasteiger partial charge in [0.2, 0.25) is 10.0 Å². The third-order valence-electron chi connectivity index (χ3n) is 6.09. The molecule has 0 spiro atoms. The van der Waals surface area contributed by atoms with Gasteiger partial charge in [-0.15, -0.1) is 0 Å². The molecule has 0 saturated carbocycles. The average molecular weight is 508 g/mol. The van der Waals surface area contributed by atoms with Gasteiger partial charge in [0.05, 0.1) is 10.6 Å². The number of anilines is 2. The van der Waals surface area contributed by atoms with E-state index >= 15 is 0 Å². The zero-order chi connectivity index (χ0) is 25.7. The zero-order valence-corrected chi connectivity index (χ0v) is 21.1. The largest absolute Gasteiger partial charge is 0.482 e. The lowest BCUT2D eigenvalue weighted by Gasteiger charge is -2.30. The molecule has 8 nitrogen and oxygen atoms in total. The lowest BCUT2D eigenvalue weighted by atomic mass is 10.1. The number of amides is 2. The van der Waals surface area contributed by atoms with Gasteiger partial charge in [0.15, 0.2) is 6.61 Å². The van der Waals surface area contributed by atoms with Gasteiger partial charge in [0.25, 0.3) is 11.8 Å². The summed E-state index contributed by atoms with van der Waals surface area (Å²) in [7, 11) is -3.60. The van der Waals surface area contributed by atoms with Crippen LogP contribution in [0.2, 0.25) is 0 Å². The second kappa shape index (κ2) is 10.9. The van der Waals surface area contributed by atoms with Crippen LogP contribution >= 0.6 is 0 Å². The van der Waals surface area contributed by atoms with E-state index in [1.807, 2.05) is 30.3 Å². The number of carbonyl (C=O) groups is 2. The Morgan fingerprint density at radius 2 is 1.69 bits per heavy atom. The van der Waals surface area contributed by atoms with Crippen molar-refractivity contribution in [2.45, 2.75) is 25.2 Å². The number of hydrogen-bond acceptors (Lipinski definition) is 5. The van der Waals surface area contributed by atoms with E-state index in [9.17, 15) is 18.0 Å². The highest BCUT2D eigenvalue weighted by atomic mass is 32.2. The third-order valence-corrected chi connectivity index (χ3v) is 8.15. The first-order valence-electron chi connectivity index (χ1n) is 11.9. The van der Waals surface area contributed by atoms with Crippen LogP contribution in [0.3, 0.4) is 0 Å². The SMILES string of the molecule is CCN(CC)S(=O)(=O)c1ccc(C(=O)Nc2ccc3c(c2)N(CCc2ccccc2)C(=O)CO3)cc1. The number of benzene rings is 3. The highest BCUT2D eigenvalue weighted by Crippen LogP contribution is 2.35. The van der Waals surface area contributed by atoms with Crippen LogP contribution < -0.4 is 15.0 Å². The van der Waals surface area contributed by atoms with E-state index in [4.69, 9.17) is 4.74 Å². The summed E-state index contributed by atoms with van der Waals surface area (Å²) in [5.41, 5.74) is 2.54. The molecule has 0 radical (unpaired) electrons. The van der Waals surface area contributed by atoms with Gasteiger partial charge in [-0.1, -0.05) is 44.2 Å².